The Morgan fingerprint density at radius 3 is 0.643 bits per heavy atom. The smallest absolute Gasteiger partial charge is 0.0215 e. The molecular formula is C140H144. The number of hydrogen-bond acceptors (Lipinski definition) is 0. The minimum Gasteiger partial charge on any atom is -0.0654 e. The van der Waals surface area contributed by atoms with Crippen LogP contribution in [0, 0.1) is 0 Å². The van der Waals surface area contributed by atoms with Crippen LogP contribution in [0.5, 0.6) is 0 Å². The van der Waals surface area contributed by atoms with Gasteiger partial charge in [0.25, 0.3) is 0 Å². The van der Waals surface area contributed by atoms with Crippen molar-refractivity contribution in [1.29, 1.82) is 0 Å². The molecule has 704 valence electrons. The van der Waals surface area contributed by atoms with Crippen molar-refractivity contribution in [3.63, 3.8) is 0 Å². The molecule has 0 aliphatic heterocycles. The molecule has 0 aromatic heterocycles. The van der Waals surface area contributed by atoms with E-state index in [2.05, 4.69) is 388 Å². The predicted molar refractivity (Wildman–Crippen MR) is 602 cm³/mol. The van der Waals surface area contributed by atoms with E-state index < -0.39 is 0 Å². The van der Waals surface area contributed by atoms with E-state index in [1.807, 2.05) is 0 Å². The molecule has 16 aromatic carbocycles. The van der Waals surface area contributed by atoms with Crippen LogP contribution in [0.4, 0.5) is 0 Å². The molecule has 7 aliphatic rings. The fourth-order valence-corrected chi connectivity index (χ4v) is 28.5. The Hall–Kier alpha value is -12.0. The van der Waals surface area contributed by atoms with Crippen LogP contribution in [0.25, 0.3) is 166 Å². The van der Waals surface area contributed by atoms with Crippen LogP contribution < -0.4 is 0 Å². The topological polar surface area (TPSA) is 0 Å². The largest absolute Gasteiger partial charge is 0.0654 e. The Kier molecular flexibility index (Phi) is 23.6. The summed E-state index contributed by atoms with van der Waals surface area (Å²) in [7, 11) is 0. The van der Waals surface area contributed by atoms with Gasteiger partial charge in [0.1, 0.15) is 0 Å². The van der Waals surface area contributed by atoms with E-state index >= 15 is 0 Å². The minimum atomic E-state index is -0.271. The molecule has 0 saturated heterocycles. The number of unbranched alkanes of at least 4 members (excludes halogenated alkanes) is 19. The van der Waals surface area contributed by atoms with Crippen molar-refractivity contribution >= 4 is 21.5 Å². The average molecular weight is 1830 g/mol. The molecule has 0 radical (unpaired) electrons. The highest BCUT2D eigenvalue weighted by atomic mass is 14.5. The number of benzene rings is 16. The van der Waals surface area contributed by atoms with Gasteiger partial charge in [0.15, 0.2) is 0 Å². The van der Waals surface area contributed by atoms with Gasteiger partial charge in [-0.25, -0.2) is 0 Å². The third-order valence-electron chi connectivity index (χ3n) is 36.5. The first kappa shape index (κ1) is 91.8. The van der Waals surface area contributed by atoms with E-state index in [0.717, 1.165) is 25.7 Å². The van der Waals surface area contributed by atoms with Crippen LogP contribution in [0.15, 0.2) is 291 Å². The second-order valence-corrected chi connectivity index (χ2v) is 46.5. The first-order chi connectivity index (χ1) is 68.0. The highest BCUT2D eigenvalue weighted by Gasteiger charge is 2.51. The van der Waals surface area contributed by atoms with Crippen LogP contribution in [0.3, 0.4) is 0 Å². The maximum atomic E-state index is 2.89. The zero-order chi connectivity index (χ0) is 95.9. The van der Waals surface area contributed by atoms with Gasteiger partial charge in [-0.15, -0.1) is 0 Å². The van der Waals surface area contributed by atoms with Gasteiger partial charge in [0.2, 0.25) is 0 Å². The van der Waals surface area contributed by atoms with Crippen LogP contribution in [0.1, 0.15) is 348 Å². The maximum absolute atomic E-state index is 2.89. The number of fused-ring (bicyclic) bond motifs is 25. The third-order valence-corrected chi connectivity index (χ3v) is 36.5. The molecule has 23 rings (SSSR count). The zero-order valence-electron chi connectivity index (χ0n) is 86.3. The van der Waals surface area contributed by atoms with Crippen molar-refractivity contribution in [2.75, 3.05) is 0 Å². The van der Waals surface area contributed by atoms with Crippen molar-refractivity contribution < 1.29 is 0 Å². The van der Waals surface area contributed by atoms with Crippen molar-refractivity contribution in [2.45, 2.75) is 308 Å². The molecule has 7 aliphatic carbocycles. The summed E-state index contributed by atoms with van der Waals surface area (Å²) in [5, 5.41) is 5.52. The first-order valence-electron chi connectivity index (χ1n) is 54.8. The highest BCUT2D eigenvalue weighted by molar-refractivity contribution is 6.12. The summed E-state index contributed by atoms with van der Waals surface area (Å²) in [5.74, 6) is 0. The number of hydrogen-bond donors (Lipinski definition) is 0. The minimum absolute atomic E-state index is 0.0507. The van der Waals surface area contributed by atoms with Gasteiger partial charge in [-0.05, 0) is 343 Å². The monoisotopic (exact) mass is 1830 g/mol. The van der Waals surface area contributed by atoms with Gasteiger partial charge < -0.3 is 0 Å². The molecule has 16 aromatic rings. The second-order valence-electron chi connectivity index (χ2n) is 46.5. The fraction of sp³-hybridized carbons (Fsp3) is 0.343. The van der Waals surface area contributed by atoms with Gasteiger partial charge in [-0.1, -0.05) is 463 Å². The molecule has 0 N–H and O–H groups in total. The molecule has 0 bridgehead atoms. The lowest BCUT2D eigenvalue weighted by molar-refractivity contribution is 0.398. The summed E-state index contributed by atoms with van der Waals surface area (Å²) in [6.07, 6.45) is 34.1. The second kappa shape index (κ2) is 35.9. The molecule has 0 spiro atoms. The van der Waals surface area contributed by atoms with Gasteiger partial charge in [-0.2, -0.15) is 0 Å². The molecule has 0 nitrogen and oxygen atoms in total. The number of rotatable bonds is 33. The van der Waals surface area contributed by atoms with Crippen molar-refractivity contribution in [1.82, 2.24) is 0 Å². The van der Waals surface area contributed by atoms with Gasteiger partial charge in [0.05, 0.1) is 0 Å². The van der Waals surface area contributed by atoms with Gasteiger partial charge >= 0.3 is 0 Å². The molecule has 0 heterocycles. The SMILES string of the molecule is CCCCCCCCC1(CCCCCCC)c2cc3c(cc2-c2c1cc(-c1ccc(-c4ccc5c(c4)C(C)(C)c4cc(-c6ccc7c(c6)C(C)(C)c6ccccc6-7)ccc4-5)cc1)c1ccccc21)C(C)(C)c1cc2c(cc1-3)C(CCCCCCCC)(CCCCCCCC)c1cc(-c3ccc(-c4ccc5c(c4)C(C)(C)c4cc(-c6ccc7c(c6)C(C)(C)c6ccccc6-7)ccc4-5)cc3)c3ccccc3c1-2. The first-order valence-corrected chi connectivity index (χ1v) is 54.8. The lowest BCUT2D eigenvalue weighted by Crippen LogP contribution is -2.26. The lowest BCUT2D eigenvalue weighted by Gasteiger charge is -2.34. The van der Waals surface area contributed by atoms with Crippen molar-refractivity contribution in [2.24, 2.45) is 0 Å². The van der Waals surface area contributed by atoms with Gasteiger partial charge in [0, 0.05) is 37.9 Å². The summed E-state index contributed by atoms with van der Waals surface area (Å²) < 4.78 is 0. The third kappa shape index (κ3) is 14.8. The summed E-state index contributed by atoms with van der Waals surface area (Å²) in [5.41, 5.74) is 55.2. The van der Waals surface area contributed by atoms with E-state index in [0.29, 0.717) is 0 Å². The Morgan fingerprint density at radius 2 is 0.350 bits per heavy atom. The van der Waals surface area contributed by atoms with E-state index in [9.17, 15) is 0 Å². The van der Waals surface area contributed by atoms with Crippen LogP contribution in [0.2, 0.25) is 0 Å². The van der Waals surface area contributed by atoms with Crippen molar-refractivity contribution in [3.05, 3.63) is 369 Å². The molecule has 140 heavy (non-hydrogen) atoms. The Bertz CT molecular complexity index is 7560. The fourth-order valence-electron chi connectivity index (χ4n) is 28.5. The van der Waals surface area contributed by atoms with Crippen LogP contribution in [-0.2, 0) is 37.9 Å². The Labute approximate surface area is 837 Å². The summed E-state index contributed by atoms with van der Waals surface area (Å²) in [4.78, 5) is 0. The van der Waals surface area contributed by atoms with E-state index in [-0.39, 0.29) is 37.9 Å². The molecular weight excluding hydrogens is 1680 g/mol. The molecule has 0 saturated carbocycles. The van der Waals surface area contributed by atoms with Crippen molar-refractivity contribution in [3.8, 4) is 145 Å². The standard InChI is InChI=1S/C140H144/c1-15-19-23-27-31-43-75-139(74-42-30-26-22-18-4)128-86-114-115-87-129-117(89-127(115)138(13,14)126(114)88-116(128)132-110-50-36-34-46-100(110)112(84-130(132)139)92-58-54-90(55-59-92)94-62-68-106-108-72-66-98(82-124(108)136(9,10)122(106)78-94)96-64-70-104-102-48-38-40-52-118(102)134(5,6)120(104)80-96)133-111-51-37-35-47-101(111)113(85-131(133)140(129,76-44-32-28-24-20-16-2)77-45-33-29-25-21-17-3)93-60-56-91(57-61-93)95-63-69-107-109-73-67-99(83-125(109)137(11,12)123(107)79-95)97-65-71-105-103-49-39-41-53-119(103)135(7,8)121(105)81-97/h34-41,46-73,78-89H,15-33,42-45,74-77H2,1-14H3. The quantitative estimate of drug-likeness (QED) is 0.0360. The molecule has 0 amide bonds. The zero-order valence-corrected chi connectivity index (χ0v) is 86.3. The Morgan fingerprint density at radius 1 is 0.143 bits per heavy atom. The van der Waals surface area contributed by atoms with E-state index in [1.54, 1.807) is 22.3 Å². The summed E-state index contributed by atoms with van der Waals surface area (Å²) in [6, 6.07) is 118. The van der Waals surface area contributed by atoms with Gasteiger partial charge in [-0.3, -0.25) is 0 Å². The molecule has 1 atom stereocenters. The van der Waals surface area contributed by atoms with E-state index in [4.69, 9.17) is 0 Å². The summed E-state index contributed by atoms with van der Waals surface area (Å²) >= 11 is 0. The average Bonchev–Trinajstić information content (AvgIpc) is 1.51. The molecule has 0 heteroatoms. The van der Waals surface area contributed by atoms with Crippen LogP contribution in [-0.4, -0.2) is 0 Å². The molecule has 1 unspecified atom stereocenters. The normalized spacial score (nSPS) is 16.5. The highest BCUT2D eigenvalue weighted by Crippen LogP contribution is 2.67. The van der Waals surface area contributed by atoms with Crippen LogP contribution >= 0.6 is 0 Å². The maximum Gasteiger partial charge on any atom is 0.0215 e. The lowest BCUT2D eigenvalue weighted by atomic mass is 9.69. The predicted octanol–water partition coefficient (Wildman–Crippen LogP) is 40.7. The van der Waals surface area contributed by atoms with E-state index in [1.165, 1.54) is 370 Å². The summed E-state index contributed by atoms with van der Waals surface area (Å²) in [6.45, 7) is 34.1. The molecule has 0 fully saturated rings. The Balaban J connectivity index is 0.611.